The van der Waals surface area contributed by atoms with E-state index in [1.54, 1.807) is 18.2 Å². The van der Waals surface area contributed by atoms with Crippen LogP contribution in [0.2, 0.25) is 0 Å². The summed E-state index contributed by atoms with van der Waals surface area (Å²) in [7, 11) is 0. The van der Waals surface area contributed by atoms with E-state index < -0.39 is 11.5 Å². The van der Waals surface area contributed by atoms with E-state index in [1.165, 1.54) is 24.3 Å². The van der Waals surface area contributed by atoms with E-state index in [0.29, 0.717) is 12.8 Å². The molecular formula is C19H18FNO3. The molecule has 0 saturated heterocycles. The third-order valence-corrected chi connectivity index (χ3v) is 4.35. The molecule has 2 N–H and O–H groups in total. The van der Waals surface area contributed by atoms with Crippen LogP contribution in [0.5, 0.6) is 0 Å². The lowest BCUT2D eigenvalue weighted by Crippen LogP contribution is -2.35. The predicted molar refractivity (Wildman–Crippen MR) is 87.2 cm³/mol. The van der Waals surface area contributed by atoms with Gasteiger partial charge in [-0.25, -0.2) is 9.18 Å². The number of carboxylic acids is 1. The molecule has 4 nitrogen and oxygen atoms in total. The Hall–Kier alpha value is -2.69. The summed E-state index contributed by atoms with van der Waals surface area (Å²) in [6.07, 6.45) is 2.47. The molecule has 1 aliphatic rings. The van der Waals surface area contributed by atoms with Crippen LogP contribution in [0, 0.1) is 5.82 Å². The van der Waals surface area contributed by atoms with Crippen molar-refractivity contribution in [2.75, 3.05) is 0 Å². The second-order valence-electron chi connectivity index (χ2n) is 6.14. The highest BCUT2D eigenvalue weighted by molar-refractivity contribution is 5.87. The maximum absolute atomic E-state index is 13.4. The van der Waals surface area contributed by atoms with Crippen LogP contribution in [0.25, 0.3) is 0 Å². The highest BCUT2D eigenvalue weighted by atomic mass is 19.1. The Morgan fingerprint density at radius 1 is 1.12 bits per heavy atom. The summed E-state index contributed by atoms with van der Waals surface area (Å²) >= 11 is 0. The summed E-state index contributed by atoms with van der Waals surface area (Å²) in [5.74, 6) is -1.35. The first-order chi connectivity index (χ1) is 11.5. The van der Waals surface area contributed by atoms with Crippen LogP contribution in [-0.4, -0.2) is 17.0 Å². The van der Waals surface area contributed by atoms with Gasteiger partial charge in [0.25, 0.3) is 0 Å². The van der Waals surface area contributed by atoms with Gasteiger partial charge in [-0.3, -0.25) is 4.79 Å². The number of halogens is 1. The summed E-state index contributed by atoms with van der Waals surface area (Å²) in [5, 5.41) is 11.9. The predicted octanol–water partition coefficient (Wildman–Crippen LogP) is 3.26. The third kappa shape index (κ3) is 3.62. The molecule has 0 spiro atoms. The zero-order valence-corrected chi connectivity index (χ0v) is 13.1. The maximum Gasteiger partial charge on any atom is 0.335 e. The first-order valence-electron chi connectivity index (χ1n) is 7.88. The van der Waals surface area contributed by atoms with Crippen molar-refractivity contribution in [3.63, 3.8) is 0 Å². The van der Waals surface area contributed by atoms with E-state index in [4.69, 9.17) is 5.11 Å². The molecule has 1 aliphatic carbocycles. The standard InChI is InChI=1S/C19H18FNO3/c20-16-3-1-2-15(12-16)19(10-11-19)21-17(22)9-6-13-4-7-14(8-5-13)18(23)24/h1-5,7-8,12H,6,9-11H2,(H,21,22)(H,23,24). The molecule has 2 aromatic carbocycles. The number of carbonyl (C=O) groups is 2. The van der Waals surface area contributed by atoms with Crippen molar-refractivity contribution in [3.05, 3.63) is 71.0 Å². The third-order valence-electron chi connectivity index (χ3n) is 4.35. The first-order valence-corrected chi connectivity index (χ1v) is 7.88. The number of benzene rings is 2. The van der Waals surface area contributed by atoms with Crippen LogP contribution in [0.1, 0.15) is 40.7 Å². The fourth-order valence-corrected chi connectivity index (χ4v) is 2.80. The van der Waals surface area contributed by atoms with E-state index in [9.17, 15) is 14.0 Å². The Morgan fingerprint density at radius 3 is 2.42 bits per heavy atom. The molecule has 2 aromatic rings. The molecule has 1 fully saturated rings. The van der Waals surface area contributed by atoms with E-state index >= 15 is 0 Å². The van der Waals surface area contributed by atoms with Crippen molar-refractivity contribution in [2.24, 2.45) is 0 Å². The molecule has 0 radical (unpaired) electrons. The van der Waals surface area contributed by atoms with Crippen LogP contribution < -0.4 is 5.32 Å². The number of rotatable bonds is 6. The Bertz CT molecular complexity index is 766. The van der Waals surface area contributed by atoms with Gasteiger partial charge in [-0.2, -0.15) is 0 Å². The Labute approximate surface area is 139 Å². The van der Waals surface area contributed by atoms with Gasteiger partial charge in [-0.05, 0) is 54.7 Å². The Balaban J connectivity index is 1.57. The summed E-state index contributed by atoms with van der Waals surface area (Å²) < 4.78 is 13.4. The number of aryl methyl sites for hydroxylation is 1. The van der Waals surface area contributed by atoms with Crippen LogP contribution >= 0.6 is 0 Å². The van der Waals surface area contributed by atoms with Gasteiger partial charge in [0.2, 0.25) is 5.91 Å². The second-order valence-corrected chi connectivity index (χ2v) is 6.14. The van der Waals surface area contributed by atoms with Crippen molar-refractivity contribution < 1.29 is 19.1 Å². The van der Waals surface area contributed by atoms with Gasteiger partial charge in [-0.1, -0.05) is 24.3 Å². The van der Waals surface area contributed by atoms with E-state index in [1.807, 2.05) is 6.07 Å². The van der Waals surface area contributed by atoms with Gasteiger partial charge in [-0.15, -0.1) is 0 Å². The zero-order chi connectivity index (χ0) is 17.2. The summed E-state index contributed by atoms with van der Waals surface area (Å²) in [5.41, 5.74) is 1.52. The Morgan fingerprint density at radius 2 is 1.83 bits per heavy atom. The monoisotopic (exact) mass is 327 g/mol. The summed E-state index contributed by atoms with van der Waals surface area (Å²) in [4.78, 5) is 23.0. The molecule has 5 heteroatoms. The molecule has 0 atom stereocenters. The molecule has 0 aliphatic heterocycles. The first kappa shape index (κ1) is 16.2. The van der Waals surface area contributed by atoms with Gasteiger partial charge in [0.1, 0.15) is 5.82 Å². The number of hydrogen-bond donors (Lipinski definition) is 2. The van der Waals surface area contributed by atoms with Crippen molar-refractivity contribution in [1.29, 1.82) is 0 Å². The number of carboxylic acid groups (broad SMARTS) is 1. The molecule has 0 aromatic heterocycles. The molecule has 0 unspecified atom stereocenters. The minimum Gasteiger partial charge on any atom is -0.478 e. The van der Waals surface area contributed by atoms with Crippen LogP contribution in [0.15, 0.2) is 48.5 Å². The molecule has 1 saturated carbocycles. The fraction of sp³-hybridized carbons (Fsp3) is 0.263. The van der Waals surface area contributed by atoms with Crippen molar-refractivity contribution in [2.45, 2.75) is 31.2 Å². The zero-order valence-electron chi connectivity index (χ0n) is 13.1. The van der Waals surface area contributed by atoms with Crippen LogP contribution in [0.3, 0.4) is 0 Å². The van der Waals surface area contributed by atoms with Crippen molar-refractivity contribution in [3.8, 4) is 0 Å². The van der Waals surface area contributed by atoms with Crippen LogP contribution in [-0.2, 0) is 16.8 Å². The lowest BCUT2D eigenvalue weighted by atomic mass is 10.0. The van der Waals surface area contributed by atoms with E-state index in [0.717, 1.165) is 24.0 Å². The van der Waals surface area contributed by atoms with Gasteiger partial charge in [0, 0.05) is 6.42 Å². The molecule has 1 amide bonds. The van der Waals surface area contributed by atoms with Gasteiger partial charge in [0.05, 0.1) is 11.1 Å². The molecule has 124 valence electrons. The largest absolute Gasteiger partial charge is 0.478 e. The summed E-state index contributed by atoms with van der Waals surface area (Å²) in [6.45, 7) is 0. The van der Waals surface area contributed by atoms with Gasteiger partial charge >= 0.3 is 5.97 Å². The Kier molecular flexibility index (Phi) is 4.34. The normalized spacial score (nSPS) is 14.9. The van der Waals surface area contributed by atoms with Crippen molar-refractivity contribution >= 4 is 11.9 Å². The summed E-state index contributed by atoms with van der Waals surface area (Å²) in [6, 6.07) is 12.9. The SMILES string of the molecule is O=C(CCc1ccc(C(=O)O)cc1)NC1(c2cccc(F)c2)CC1. The van der Waals surface area contributed by atoms with Crippen LogP contribution in [0.4, 0.5) is 4.39 Å². The topological polar surface area (TPSA) is 66.4 Å². The quantitative estimate of drug-likeness (QED) is 0.856. The number of hydrogen-bond acceptors (Lipinski definition) is 2. The molecule has 3 rings (SSSR count). The lowest BCUT2D eigenvalue weighted by molar-refractivity contribution is -0.122. The second kappa shape index (κ2) is 6.43. The number of amides is 1. The smallest absolute Gasteiger partial charge is 0.335 e. The number of nitrogens with one attached hydrogen (secondary N) is 1. The van der Waals surface area contributed by atoms with Gasteiger partial charge in [0.15, 0.2) is 0 Å². The van der Waals surface area contributed by atoms with E-state index in [2.05, 4.69) is 5.32 Å². The highest BCUT2D eigenvalue weighted by Crippen LogP contribution is 2.45. The number of carbonyl (C=O) groups excluding carboxylic acids is 1. The van der Waals surface area contributed by atoms with E-state index in [-0.39, 0.29) is 17.3 Å². The molecular weight excluding hydrogens is 309 g/mol. The average molecular weight is 327 g/mol. The fourth-order valence-electron chi connectivity index (χ4n) is 2.80. The highest BCUT2D eigenvalue weighted by Gasteiger charge is 2.45. The molecule has 24 heavy (non-hydrogen) atoms. The lowest BCUT2D eigenvalue weighted by Gasteiger charge is -2.18. The minimum absolute atomic E-state index is 0.0842. The molecule has 0 heterocycles. The number of aromatic carboxylic acids is 1. The molecule has 0 bridgehead atoms. The van der Waals surface area contributed by atoms with Gasteiger partial charge < -0.3 is 10.4 Å². The maximum atomic E-state index is 13.4. The minimum atomic E-state index is -0.968. The average Bonchev–Trinajstić information content (AvgIpc) is 3.34. The van der Waals surface area contributed by atoms with Crippen molar-refractivity contribution in [1.82, 2.24) is 5.32 Å².